The van der Waals surface area contributed by atoms with Crippen molar-refractivity contribution in [3.8, 4) is 0 Å². The van der Waals surface area contributed by atoms with Crippen LogP contribution in [0.15, 0.2) is 23.2 Å². The average molecular weight is 463 g/mol. The Balaban J connectivity index is 0.00000312. The fourth-order valence-electron chi connectivity index (χ4n) is 2.85. The summed E-state index contributed by atoms with van der Waals surface area (Å²) in [7, 11) is 4.33. The summed E-state index contributed by atoms with van der Waals surface area (Å²) in [6.07, 6.45) is 0. The molecule has 7 heteroatoms. The lowest BCUT2D eigenvalue weighted by Crippen LogP contribution is -2.55. The van der Waals surface area contributed by atoms with E-state index in [1.54, 1.807) is 13.0 Å². The van der Waals surface area contributed by atoms with E-state index in [1.807, 2.05) is 6.07 Å². The van der Waals surface area contributed by atoms with E-state index in [1.165, 1.54) is 6.07 Å². The molecule has 2 N–H and O–H groups in total. The van der Waals surface area contributed by atoms with Crippen LogP contribution in [0.25, 0.3) is 0 Å². The molecule has 1 heterocycles. The van der Waals surface area contributed by atoms with Crippen LogP contribution >= 0.6 is 24.0 Å². The van der Waals surface area contributed by atoms with Crippen LogP contribution in [0.2, 0.25) is 0 Å². The first-order valence-corrected chi connectivity index (χ1v) is 8.65. The molecule has 1 aliphatic rings. The monoisotopic (exact) mass is 463 g/mol. The van der Waals surface area contributed by atoms with Gasteiger partial charge in [-0.05, 0) is 45.1 Å². The topological polar surface area (TPSA) is 42.9 Å². The number of benzene rings is 1. The fraction of sp³-hybridized carbons (Fsp3) is 0.611. The lowest BCUT2D eigenvalue weighted by molar-refractivity contribution is 0.116. The van der Waals surface area contributed by atoms with Crippen molar-refractivity contribution in [1.82, 2.24) is 20.4 Å². The standard InChI is InChI=1S/C18H30FN5.HI/c1-5-20-18(21-11-15-6-7-17(19)14(2)10-15)22-12-16-13-23(3)8-9-24(16)4;/h6-7,10,16H,5,8-9,11-13H2,1-4H3,(H2,20,21,22);1H. The second-order valence-corrected chi connectivity index (χ2v) is 6.56. The second-order valence-electron chi connectivity index (χ2n) is 6.56. The maximum atomic E-state index is 13.3. The Morgan fingerprint density at radius 2 is 2.04 bits per heavy atom. The highest BCUT2D eigenvalue weighted by atomic mass is 127. The van der Waals surface area contributed by atoms with Crippen molar-refractivity contribution in [2.45, 2.75) is 26.4 Å². The van der Waals surface area contributed by atoms with Crippen LogP contribution < -0.4 is 10.6 Å². The summed E-state index contributed by atoms with van der Waals surface area (Å²) in [5.41, 5.74) is 1.67. The number of likely N-dealkylation sites (N-methyl/N-ethyl adjacent to an activating group) is 2. The van der Waals surface area contributed by atoms with Crippen LogP contribution in [0.5, 0.6) is 0 Å². The lowest BCUT2D eigenvalue weighted by atomic mass is 10.1. The number of aryl methyl sites for hydroxylation is 1. The molecule has 25 heavy (non-hydrogen) atoms. The van der Waals surface area contributed by atoms with Crippen molar-refractivity contribution < 1.29 is 4.39 Å². The zero-order valence-corrected chi connectivity index (χ0v) is 18.0. The molecule has 0 radical (unpaired) electrons. The van der Waals surface area contributed by atoms with Gasteiger partial charge in [-0.1, -0.05) is 12.1 Å². The van der Waals surface area contributed by atoms with Crippen molar-refractivity contribution in [3.05, 3.63) is 35.1 Å². The molecule has 1 aromatic rings. The molecule has 2 rings (SSSR count). The van der Waals surface area contributed by atoms with E-state index < -0.39 is 0 Å². The van der Waals surface area contributed by atoms with Gasteiger partial charge in [0.15, 0.2) is 5.96 Å². The Kier molecular flexibility index (Phi) is 9.66. The molecule has 5 nitrogen and oxygen atoms in total. The zero-order chi connectivity index (χ0) is 17.5. The summed E-state index contributed by atoms with van der Waals surface area (Å²) >= 11 is 0. The van der Waals surface area contributed by atoms with Gasteiger partial charge in [0.05, 0.1) is 6.54 Å². The number of nitrogens with one attached hydrogen (secondary N) is 2. The molecule has 1 saturated heterocycles. The van der Waals surface area contributed by atoms with Gasteiger partial charge >= 0.3 is 0 Å². The quantitative estimate of drug-likeness (QED) is 0.399. The Morgan fingerprint density at radius 3 is 2.72 bits per heavy atom. The molecule has 1 aromatic carbocycles. The molecule has 0 saturated carbocycles. The van der Waals surface area contributed by atoms with E-state index in [0.29, 0.717) is 18.2 Å². The maximum Gasteiger partial charge on any atom is 0.191 e. The van der Waals surface area contributed by atoms with Crippen molar-refractivity contribution in [3.63, 3.8) is 0 Å². The molecule has 1 fully saturated rings. The number of piperazine rings is 1. The van der Waals surface area contributed by atoms with E-state index in [9.17, 15) is 4.39 Å². The Morgan fingerprint density at radius 1 is 1.28 bits per heavy atom. The van der Waals surface area contributed by atoms with Gasteiger partial charge in [0.1, 0.15) is 5.82 Å². The minimum atomic E-state index is -0.169. The molecule has 0 spiro atoms. The minimum absolute atomic E-state index is 0. The van der Waals surface area contributed by atoms with Gasteiger partial charge in [0.25, 0.3) is 0 Å². The first kappa shape index (κ1) is 22.1. The Labute approximate surface area is 168 Å². The molecular formula is C18H31FIN5. The number of aliphatic imine (C=N–C) groups is 1. The summed E-state index contributed by atoms with van der Waals surface area (Å²) in [4.78, 5) is 9.37. The highest BCUT2D eigenvalue weighted by molar-refractivity contribution is 14.0. The van der Waals surface area contributed by atoms with Gasteiger partial charge in [0.2, 0.25) is 0 Å². The van der Waals surface area contributed by atoms with Crippen LogP contribution in [0.4, 0.5) is 4.39 Å². The Bertz CT molecular complexity index is 566. The van der Waals surface area contributed by atoms with Crippen molar-refractivity contribution in [2.24, 2.45) is 4.99 Å². The number of guanidine groups is 1. The summed E-state index contributed by atoms with van der Waals surface area (Å²) in [5.74, 6) is 0.637. The summed E-state index contributed by atoms with van der Waals surface area (Å²) in [5, 5.41) is 6.71. The fourth-order valence-corrected chi connectivity index (χ4v) is 2.85. The number of rotatable bonds is 5. The van der Waals surface area contributed by atoms with Gasteiger partial charge in [0, 0.05) is 38.8 Å². The summed E-state index contributed by atoms with van der Waals surface area (Å²) in [6.45, 7) is 9.30. The number of hydrogen-bond donors (Lipinski definition) is 2. The van der Waals surface area contributed by atoms with Crippen molar-refractivity contribution >= 4 is 29.9 Å². The van der Waals surface area contributed by atoms with Gasteiger partial charge in [-0.2, -0.15) is 0 Å². The third kappa shape index (κ3) is 7.07. The second kappa shape index (κ2) is 10.9. The predicted molar refractivity (Wildman–Crippen MR) is 113 cm³/mol. The maximum absolute atomic E-state index is 13.3. The first-order chi connectivity index (χ1) is 11.5. The van der Waals surface area contributed by atoms with E-state index in [-0.39, 0.29) is 29.8 Å². The third-order valence-electron chi connectivity index (χ3n) is 4.47. The Hall–Kier alpha value is -0.930. The van der Waals surface area contributed by atoms with Crippen LogP contribution in [0, 0.1) is 12.7 Å². The molecule has 0 bridgehead atoms. The molecule has 1 unspecified atom stereocenters. The van der Waals surface area contributed by atoms with Gasteiger partial charge in [-0.3, -0.25) is 4.90 Å². The minimum Gasteiger partial charge on any atom is -0.357 e. The SMILES string of the molecule is CCNC(=NCc1ccc(F)c(C)c1)NCC1CN(C)CCN1C.I. The molecule has 142 valence electrons. The van der Waals surface area contributed by atoms with Crippen LogP contribution in [0.1, 0.15) is 18.1 Å². The van der Waals surface area contributed by atoms with Gasteiger partial charge in [-0.15, -0.1) is 24.0 Å². The molecule has 0 aliphatic carbocycles. The zero-order valence-electron chi connectivity index (χ0n) is 15.7. The molecule has 0 amide bonds. The smallest absolute Gasteiger partial charge is 0.191 e. The van der Waals surface area contributed by atoms with Crippen molar-refractivity contribution in [1.29, 1.82) is 0 Å². The predicted octanol–water partition coefficient (Wildman–Crippen LogP) is 2.05. The van der Waals surface area contributed by atoms with E-state index >= 15 is 0 Å². The highest BCUT2D eigenvalue weighted by Crippen LogP contribution is 2.10. The molecule has 0 aromatic heterocycles. The van der Waals surface area contributed by atoms with Crippen LogP contribution in [-0.4, -0.2) is 68.6 Å². The average Bonchev–Trinajstić information content (AvgIpc) is 2.56. The van der Waals surface area contributed by atoms with Crippen LogP contribution in [0.3, 0.4) is 0 Å². The normalized spacial score (nSPS) is 19.4. The third-order valence-corrected chi connectivity index (χ3v) is 4.47. The number of halogens is 2. The van der Waals surface area contributed by atoms with E-state index in [0.717, 1.165) is 44.2 Å². The van der Waals surface area contributed by atoms with E-state index in [4.69, 9.17) is 0 Å². The summed E-state index contributed by atoms with van der Waals surface area (Å²) < 4.78 is 13.3. The molecule has 1 aliphatic heterocycles. The summed E-state index contributed by atoms with van der Waals surface area (Å²) in [6, 6.07) is 5.62. The lowest BCUT2D eigenvalue weighted by Gasteiger charge is -2.37. The number of hydrogen-bond acceptors (Lipinski definition) is 3. The molecular weight excluding hydrogens is 432 g/mol. The molecule has 1 atom stereocenters. The number of nitrogens with zero attached hydrogens (tertiary/aromatic N) is 3. The van der Waals surface area contributed by atoms with Gasteiger partial charge < -0.3 is 15.5 Å². The highest BCUT2D eigenvalue weighted by Gasteiger charge is 2.21. The van der Waals surface area contributed by atoms with Crippen LogP contribution in [-0.2, 0) is 6.54 Å². The van der Waals surface area contributed by atoms with E-state index in [2.05, 4.69) is 46.4 Å². The van der Waals surface area contributed by atoms with Gasteiger partial charge in [-0.25, -0.2) is 9.38 Å². The van der Waals surface area contributed by atoms with Crippen molar-refractivity contribution in [2.75, 3.05) is 46.8 Å². The largest absolute Gasteiger partial charge is 0.357 e. The first-order valence-electron chi connectivity index (χ1n) is 8.65.